The fourth-order valence-corrected chi connectivity index (χ4v) is 3.71. The lowest BCUT2D eigenvalue weighted by Gasteiger charge is -2.19. The van der Waals surface area contributed by atoms with Crippen molar-refractivity contribution in [3.05, 3.63) is 89.5 Å². The van der Waals surface area contributed by atoms with Crippen LogP contribution in [0.4, 0.5) is 0 Å². The quantitative estimate of drug-likeness (QED) is 0.404. The number of amides is 1. The number of benzene rings is 3. The number of rotatable bonds is 5. The topological polar surface area (TPSA) is 68.3 Å². The standard InChI is InChI=1S/C25H22N2O3/c1-16-9-3-4-10-17(16)15-22(25(29)30-2)27-24(28)23-18-11-5-7-13-20(18)26-21-14-8-6-12-19(21)23/h3-14,22H,15H2,1-2H3,(H,27,28)/t22-/m0/s1. The molecule has 5 heteroatoms. The lowest BCUT2D eigenvalue weighted by atomic mass is 9.99. The molecule has 0 saturated heterocycles. The summed E-state index contributed by atoms with van der Waals surface area (Å²) in [5, 5.41) is 4.39. The van der Waals surface area contributed by atoms with Crippen LogP contribution in [0.25, 0.3) is 21.8 Å². The van der Waals surface area contributed by atoms with E-state index in [-0.39, 0.29) is 5.91 Å². The Bertz CT molecular complexity index is 1200. The van der Waals surface area contributed by atoms with Crippen LogP contribution in [0, 0.1) is 6.92 Å². The molecule has 0 saturated carbocycles. The van der Waals surface area contributed by atoms with E-state index in [0.29, 0.717) is 12.0 Å². The van der Waals surface area contributed by atoms with E-state index < -0.39 is 12.0 Å². The second-order valence-electron chi connectivity index (χ2n) is 7.20. The second kappa shape index (κ2) is 8.33. The zero-order chi connectivity index (χ0) is 21.1. The molecule has 0 aliphatic rings. The normalized spacial score (nSPS) is 11.9. The molecule has 3 aromatic carbocycles. The van der Waals surface area contributed by atoms with Crippen LogP contribution in [0.2, 0.25) is 0 Å². The van der Waals surface area contributed by atoms with Crippen LogP contribution in [-0.2, 0) is 16.0 Å². The Hall–Kier alpha value is -3.73. The highest BCUT2D eigenvalue weighted by Gasteiger charge is 2.25. The third kappa shape index (κ3) is 3.74. The van der Waals surface area contributed by atoms with Gasteiger partial charge in [0.25, 0.3) is 5.91 Å². The number of ether oxygens (including phenoxy) is 1. The number of fused-ring (bicyclic) bond motifs is 2. The van der Waals surface area contributed by atoms with Gasteiger partial charge in [-0.1, -0.05) is 60.7 Å². The molecule has 0 spiro atoms. The third-order valence-electron chi connectivity index (χ3n) is 5.29. The molecule has 4 aromatic rings. The van der Waals surface area contributed by atoms with E-state index in [1.807, 2.05) is 79.7 Å². The highest BCUT2D eigenvalue weighted by Crippen LogP contribution is 2.26. The maximum absolute atomic E-state index is 13.4. The molecular formula is C25H22N2O3. The van der Waals surface area contributed by atoms with Gasteiger partial charge in [0.2, 0.25) is 0 Å². The molecule has 0 aliphatic carbocycles. The fraction of sp³-hybridized carbons (Fsp3) is 0.160. The van der Waals surface area contributed by atoms with Gasteiger partial charge in [-0.15, -0.1) is 0 Å². The summed E-state index contributed by atoms with van der Waals surface area (Å²) in [7, 11) is 1.33. The molecule has 0 aliphatic heterocycles. The van der Waals surface area contributed by atoms with Crippen molar-refractivity contribution in [1.82, 2.24) is 10.3 Å². The van der Waals surface area contributed by atoms with Gasteiger partial charge < -0.3 is 10.1 Å². The fourth-order valence-electron chi connectivity index (χ4n) is 3.71. The van der Waals surface area contributed by atoms with Gasteiger partial charge in [0, 0.05) is 17.2 Å². The number of aryl methyl sites for hydroxylation is 1. The Kier molecular flexibility index (Phi) is 5.44. The lowest BCUT2D eigenvalue weighted by Crippen LogP contribution is -2.43. The van der Waals surface area contributed by atoms with Gasteiger partial charge in [-0.2, -0.15) is 0 Å². The van der Waals surface area contributed by atoms with E-state index in [1.54, 1.807) is 0 Å². The van der Waals surface area contributed by atoms with Crippen molar-refractivity contribution in [3.8, 4) is 0 Å². The van der Waals surface area contributed by atoms with Crippen LogP contribution < -0.4 is 5.32 Å². The van der Waals surface area contributed by atoms with E-state index in [9.17, 15) is 9.59 Å². The average Bonchev–Trinajstić information content (AvgIpc) is 2.77. The molecule has 5 nitrogen and oxygen atoms in total. The first-order chi connectivity index (χ1) is 14.6. The molecular weight excluding hydrogens is 376 g/mol. The summed E-state index contributed by atoms with van der Waals surface area (Å²) >= 11 is 0. The number of nitrogens with one attached hydrogen (secondary N) is 1. The Morgan fingerprint density at radius 3 is 2.07 bits per heavy atom. The van der Waals surface area contributed by atoms with E-state index >= 15 is 0 Å². The first-order valence-electron chi connectivity index (χ1n) is 9.79. The first-order valence-corrected chi connectivity index (χ1v) is 9.79. The van der Waals surface area contributed by atoms with E-state index in [1.165, 1.54) is 7.11 Å². The number of carbonyl (C=O) groups excluding carboxylic acids is 2. The number of esters is 1. The van der Waals surface area contributed by atoms with Crippen molar-refractivity contribution < 1.29 is 14.3 Å². The molecule has 1 heterocycles. The number of para-hydroxylation sites is 2. The number of hydrogen-bond acceptors (Lipinski definition) is 4. The Balaban J connectivity index is 1.76. The maximum atomic E-state index is 13.4. The van der Waals surface area contributed by atoms with Crippen LogP contribution >= 0.6 is 0 Å². The van der Waals surface area contributed by atoms with Gasteiger partial charge in [0.15, 0.2) is 0 Å². The summed E-state index contributed by atoms with van der Waals surface area (Å²) in [5.74, 6) is -0.803. The highest BCUT2D eigenvalue weighted by molar-refractivity contribution is 6.16. The van der Waals surface area contributed by atoms with Crippen molar-refractivity contribution in [3.63, 3.8) is 0 Å². The Labute approximate surface area is 174 Å². The predicted molar refractivity (Wildman–Crippen MR) is 117 cm³/mol. The van der Waals surface area contributed by atoms with Crippen LogP contribution in [0.5, 0.6) is 0 Å². The van der Waals surface area contributed by atoms with Crippen LogP contribution in [0.1, 0.15) is 21.5 Å². The first kappa shape index (κ1) is 19.6. The predicted octanol–water partition coefficient (Wildman–Crippen LogP) is 4.21. The molecule has 1 aromatic heterocycles. The smallest absolute Gasteiger partial charge is 0.328 e. The van der Waals surface area contributed by atoms with Gasteiger partial charge in [-0.25, -0.2) is 9.78 Å². The molecule has 1 N–H and O–H groups in total. The van der Waals surface area contributed by atoms with Gasteiger partial charge in [-0.05, 0) is 30.2 Å². The third-order valence-corrected chi connectivity index (χ3v) is 5.29. The zero-order valence-electron chi connectivity index (χ0n) is 16.9. The average molecular weight is 398 g/mol. The van der Waals surface area contributed by atoms with Crippen LogP contribution in [0.15, 0.2) is 72.8 Å². The van der Waals surface area contributed by atoms with E-state index in [4.69, 9.17) is 4.74 Å². The molecule has 0 bridgehead atoms. The molecule has 0 radical (unpaired) electrons. The van der Waals surface area contributed by atoms with Crippen molar-refractivity contribution in [2.45, 2.75) is 19.4 Å². The Morgan fingerprint density at radius 1 is 0.900 bits per heavy atom. The minimum atomic E-state index is -0.797. The number of carbonyl (C=O) groups is 2. The molecule has 4 rings (SSSR count). The zero-order valence-corrected chi connectivity index (χ0v) is 16.9. The molecule has 30 heavy (non-hydrogen) atoms. The molecule has 0 fully saturated rings. The van der Waals surface area contributed by atoms with E-state index in [0.717, 1.165) is 32.9 Å². The van der Waals surface area contributed by atoms with Gasteiger partial charge >= 0.3 is 5.97 Å². The lowest BCUT2D eigenvalue weighted by molar-refractivity contribution is -0.142. The Morgan fingerprint density at radius 2 is 1.47 bits per heavy atom. The van der Waals surface area contributed by atoms with Crippen molar-refractivity contribution in [1.29, 1.82) is 0 Å². The van der Waals surface area contributed by atoms with Crippen LogP contribution in [0.3, 0.4) is 0 Å². The summed E-state index contributed by atoms with van der Waals surface area (Å²) < 4.78 is 4.97. The van der Waals surface area contributed by atoms with Crippen molar-refractivity contribution >= 4 is 33.7 Å². The summed E-state index contributed by atoms with van der Waals surface area (Å²) in [5.41, 5.74) is 4.01. The van der Waals surface area contributed by atoms with Gasteiger partial charge in [-0.3, -0.25) is 4.79 Å². The number of hydrogen-bond donors (Lipinski definition) is 1. The summed E-state index contributed by atoms with van der Waals surface area (Å²) in [6, 6.07) is 22.0. The number of aromatic nitrogens is 1. The maximum Gasteiger partial charge on any atom is 0.328 e. The molecule has 0 unspecified atom stereocenters. The minimum absolute atomic E-state index is 0.325. The van der Waals surface area contributed by atoms with Gasteiger partial charge in [0.05, 0.1) is 23.7 Å². The number of pyridine rings is 1. The van der Waals surface area contributed by atoms with Gasteiger partial charge in [0.1, 0.15) is 6.04 Å². The highest BCUT2D eigenvalue weighted by atomic mass is 16.5. The van der Waals surface area contributed by atoms with E-state index in [2.05, 4.69) is 10.3 Å². The summed E-state index contributed by atoms with van der Waals surface area (Å²) in [6.07, 6.45) is 0.353. The van der Waals surface area contributed by atoms with Crippen LogP contribution in [-0.4, -0.2) is 30.0 Å². The molecule has 150 valence electrons. The number of nitrogens with zero attached hydrogens (tertiary/aromatic N) is 1. The summed E-state index contributed by atoms with van der Waals surface area (Å²) in [4.78, 5) is 30.6. The van der Waals surface area contributed by atoms with Crippen molar-refractivity contribution in [2.24, 2.45) is 0 Å². The number of methoxy groups -OCH3 is 1. The molecule has 1 atom stereocenters. The monoisotopic (exact) mass is 398 g/mol. The second-order valence-corrected chi connectivity index (χ2v) is 7.20. The van der Waals surface area contributed by atoms with Crippen molar-refractivity contribution in [2.75, 3.05) is 7.11 Å². The molecule has 1 amide bonds. The SMILES string of the molecule is COC(=O)[C@H](Cc1ccccc1C)NC(=O)c1c2ccccc2nc2ccccc12. The summed E-state index contributed by atoms with van der Waals surface area (Å²) in [6.45, 7) is 1.98. The largest absolute Gasteiger partial charge is 0.467 e. The minimum Gasteiger partial charge on any atom is -0.467 e.